The van der Waals surface area contributed by atoms with E-state index in [1.54, 1.807) is 0 Å². The zero-order valence-corrected chi connectivity index (χ0v) is 14.5. The summed E-state index contributed by atoms with van der Waals surface area (Å²) in [6, 6.07) is 4.59. The van der Waals surface area contributed by atoms with Gasteiger partial charge in [0.05, 0.1) is 35.4 Å². The minimum absolute atomic E-state index is 0.0409. The van der Waals surface area contributed by atoms with Gasteiger partial charge >= 0.3 is 0 Å². The Morgan fingerprint density at radius 1 is 0.920 bits per heavy atom. The number of benzene rings is 2. The molecule has 0 aliphatic rings. The minimum Gasteiger partial charge on any atom is -0.496 e. The van der Waals surface area contributed by atoms with Crippen LogP contribution in [0.3, 0.4) is 0 Å². The van der Waals surface area contributed by atoms with Crippen molar-refractivity contribution in [1.29, 1.82) is 0 Å². The molecule has 0 radical (unpaired) electrons. The van der Waals surface area contributed by atoms with Crippen LogP contribution in [0.2, 0.25) is 10.0 Å². The largest absolute Gasteiger partial charge is 0.496 e. The van der Waals surface area contributed by atoms with E-state index in [1.165, 1.54) is 20.3 Å². The summed E-state index contributed by atoms with van der Waals surface area (Å²) in [4.78, 5) is 10.4. The molecular formula is C16H12Cl2F4O3. The molecule has 0 saturated carbocycles. The van der Waals surface area contributed by atoms with E-state index in [9.17, 15) is 22.4 Å². The van der Waals surface area contributed by atoms with E-state index in [0.717, 1.165) is 18.2 Å². The summed E-state index contributed by atoms with van der Waals surface area (Å²) in [6.45, 7) is 0. The fourth-order valence-corrected chi connectivity index (χ4v) is 2.21. The van der Waals surface area contributed by atoms with Gasteiger partial charge in [-0.05, 0) is 24.3 Å². The van der Waals surface area contributed by atoms with Gasteiger partial charge < -0.3 is 9.47 Å². The number of rotatable bonds is 4. The van der Waals surface area contributed by atoms with E-state index >= 15 is 0 Å². The predicted molar refractivity (Wildman–Crippen MR) is 86.3 cm³/mol. The second-order valence-corrected chi connectivity index (χ2v) is 5.13. The first kappa shape index (κ1) is 21.1. The molecule has 9 heteroatoms. The molecular weight excluding hydrogens is 387 g/mol. The SMILES string of the molecule is COc1ccc(F)c(Cl)c1C(F)F.COc1ccc(F)c(Cl)c1C=O. The van der Waals surface area contributed by atoms with Crippen LogP contribution in [0.15, 0.2) is 24.3 Å². The lowest BCUT2D eigenvalue weighted by molar-refractivity contribution is 0.112. The van der Waals surface area contributed by atoms with Gasteiger partial charge in [0, 0.05) is 0 Å². The molecule has 0 spiro atoms. The molecule has 0 saturated heterocycles. The predicted octanol–water partition coefficient (Wildman–Crippen LogP) is 5.73. The van der Waals surface area contributed by atoms with Gasteiger partial charge in [-0.25, -0.2) is 17.6 Å². The summed E-state index contributed by atoms with van der Waals surface area (Å²) in [5, 5.41) is -0.793. The van der Waals surface area contributed by atoms with Crippen molar-refractivity contribution in [3.05, 3.63) is 57.1 Å². The summed E-state index contributed by atoms with van der Waals surface area (Å²) in [5.41, 5.74) is -0.566. The number of halogens is 6. The molecule has 0 aromatic heterocycles. The molecule has 0 amide bonds. The van der Waals surface area contributed by atoms with Crippen LogP contribution in [0.25, 0.3) is 0 Å². The van der Waals surface area contributed by atoms with Crippen molar-refractivity contribution < 1.29 is 31.8 Å². The Morgan fingerprint density at radius 3 is 1.84 bits per heavy atom. The second-order valence-electron chi connectivity index (χ2n) is 4.37. The molecule has 0 bridgehead atoms. The van der Waals surface area contributed by atoms with Gasteiger partial charge in [-0.15, -0.1) is 0 Å². The maximum Gasteiger partial charge on any atom is 0.268 e. The summed E-state index contributed by atoms with van der Waals surface area (Å²) in [5.74, 6) is -1.34. The first-order chi connectivity index (χ1) is 11.8. The van der Waals surface area contributed by atoms with Gasteiger partial charge in [0.2, 0.25) is 0 Å². The zero-order chi connectivity index (χ0) is 19.1. The Morgan fingerprint density at radius 2 is 1.40 bits per heavy atom. The highest BCUT2D eigenvalue weighted by Crippen LogP contribution is 2.36. The van der Waals surface area contributed by atoms with Crippen molar-refractivity contribution in [2.45, 2.75) is 6.43 Å². The van der Waals surface area contributed by atoms with Crippen molar-refractivity contribution in [3.63, 3.8) is 0 Å². The molecule has 0 aliphatic heterocycles. The summed E-state index contributed by atoms with van der Waals surface area (Å²) in [7, 11) is 2.60. The third-order valence-corrected chi connectivity index (χ3v) is 3.73. The molecule has 2 aromatic rings. The van der Waals surface area contributed by atoms with Crippen molar-refractivity contribution >= 4 is 29.5 Å². The molecule has 0 N–H and O–H groups in total. The Labute approximate surface area is 151 Å². The Bertz CT molecular complexity index is 755. The number of methoxy groups -OCH3 is 2. The molecule has 0 atom stereocenters. The number of carbonyl (C=O) groups is 1. The number of carbonyl (C=O) groups excluding carboxylic acids is 1. The number of alkyl halides is 2. The van der Waals surface area contributed by atoms with Gasteiger partial charge in [0.15, 0.2) is 6.29 Å². The molecule has 25 heavy (non-hydrogen) atoms. The maximum atomic E-state index is 12.7. The van der Waals surface area contributed by atoms with E-state index in [2.05, 4.69) is 4.74 Å². The quantitative estimate of drug-likeness (QED) is 0.487. The molecule has 0 heterocycles. The molecule has 0 fully saturated rings. The van der Waals surface area contributed by atoms with Gasteiger partial charge in [0.25, 0.3) is 6.43 Å². The monoisotopic (exact) mass is 398 g/mol. The number of aldehydes is 1. The normalized spacial score (nSPS) is 10.1. The highest BCUT2D eigenvalue weighted by Gasteiger charge is 2.20. The minimum atomic E-state index is -2.85. The lowest BCUT2D eigenvalue weighted by Gasteiger charge is -2.09. The van der Waals surface area contributed by atoms with Gasteiger partial charge in [-0.2, -0.15) is 0 Å². The Hall–Kier alpha value is -1.99. The number of ether oxygens (including phenoxy) is 2. The van der Waals surface area contributed by atoms with Crippen molar-refractivity contribution in [3.8, 4) is 11.5 Å². The van der Waals surface area contributed by atoms with E-state index in [0.29, 0.717) is 6.29 Å². The maximum absolute atomic E-state index is 12.7. The summed E-state index contributed by atoms with van der Waals surface area (Å²) < 4.78 is 59.5. The van der Waals surface area contributed by atoms with Crippen LogP contribution < -0.4 is 9.47 Å². The first-order valence-corrected chi connectivity index (χ1v) is 7.31. The fraction of sp³-hybridized carbons (Fsp3) is 0.188. The number of hydrogen-bond donors (Lipinski definition) is 0. The zero-order valence-electron chi connectivity index (χ0n) is 13.0. The lowest BCUT2D eigenvalue weighted by Crippen LogP contribution is -1.95. The van der Waals surface area contributed by atoms with Crippen molar-refractivity contribution in [1.82, 2.24) is 0 Å². The Kier molecular flexibility index (Phi) is 7.99. The summed E-state index contributed by atoms with van der Waals surface area (Å²) >= 11 is 10.8. The van der Waals surface area contributed by atoms with E-state index in [1.807, 2.05) is 0 Å². The highest BCUT2D eigenvalue weighted by molar-refractivity contribution is 6.33. The molecule has 136 valence electrons. The average molecular weight is 399 g/mol. The third-order valence-electron chi connectivity index (χ3n) is 2.96. The van der Waals surface area contributed by atoms with E-state index in [4.69, 9.17) is 27.9 Å². The van der Waals surface area contributed by atoms with Crippen molar-refractivity contribution in [2.24, 2.45) is 0 Å². The van der Waals surface area contributed by atoms with Crippen LogP contribution in [-0.4, -0.2) is 20.5 Å². The topological polar surface area (TPSA) is 35.5 Å². The molecule has 0 aliphatic carbocycles. The third kappa shape index (κ3) is 4.99. The van der Waals surface area contributed by atoms with Gasteiger partial charge in [-0.1, -0.05) is 23.2 Å². The van der Waals surface area contributed by atoms with Crippen LogP contribution in [0.1, 0.15) is 22.3 Å². The Balaban J connectivity index is 0.000000251. The standard InChI is InChI=1S/C8H6ClF3O.C8H6ClFO2/c1-13-5-3-2-4(10)7(9)6(5)8(11)12;1-12-7-3-2-6(10)8(9)5(7)4-11/h2-3,8H,1H3;2-4H,1H3. The van der Waals surface area contributed by atoms with Crippen LogP contribution in [0, 0.1) is 11.6 Å². The van der Waals surface area contributed by atoms with Crippen LogP contribution in [0.4, 0.5) is 17.6 Å². The van der Waals surface area contributed by atoms with Crippen LogP contribution >= 0.6 is 23.2 Å². The highest BCUT2D eigenvalue weighted by atomic mass is 35.5. The smallest absolute Gasteiger partial charge is 0.268 e. The lowest BCUT2D eigenvalue weighted by atomic mass is 10.2. The summed E-state index contributed by atoms with van der Waals surface area (Å²) in [6.07, 6.45) is -2.39. The van der Waals surface area contributed by atoms with Crippen LogP contribution in [0.5, 0.6) is 11.5 Å². The molecule has 2 rings (SSSR count). The fourth-order valence-electron chi connectivity index (χ4n) is 1.77. The molecule has 2 aromatic carbocycles. The van der Waals surface area contributed by atoms with Crippen LogP contribution in [-0.2, 0) is 0 Å². The molecule has 3 nitrogen and oxygen atoms in total. The van der Waals surface area contributed by atoms with Gasteiger partial charge in [-0.3, -0.25) is 4.79 Å². The average Bonchev–Trinajstić information content (AvgIpc) is 2.59. The molecule has 0 unspecified atom stereocenters. The van der Waals surface area contributed by atoms with Crippen molar-refractivity contribution in [2.75, 3.05) is 14.2 Å². The van der Waals surface area contributed by atoms with Gasteiger partial charge in [0.1, 0.15) is 23.1 Å². The van der Waals surface area contributed by atoms with E-state index < -0.39 is 28.6 Å². The number of hydrogen-bond acceptors (Lipinski definition) is 3. The van der Waals surface area contributed by atoms with E-state index in [-0.39, 0.29) is 22.1 Å². The first-order valence-electron chi connectivity index (χ1n) is 6.55. The second kappa shape index (κ2) is 9.48.